The molecular formula is C13H16BrNO2. The second kappa shape index (κ2) is 4.78. The van der Waals surface area contributed by atoms with Crippen LogP contribution in [0, 0.1) is 0 Å². The van der Waals surface area contributed by atoms with Crippen LogP contribution in [0.3, 0.4) is 0 Å². The summed E-state index contributed by atoms with van der Waals surface area (Å²) in [5.74, 6) is 0.120. The van der Waals surface area contributed by atoms with E-state index in [1.54, 1.807) is 4.90 Å². The largest absolute Gasteiger partial charge is 0.359 e. The first-order valence-electron chi connectivity index (χ1n) is 5.62. The van der Waals surface area contributed by atoms with Crippen LogP contribution in [0.2, 0.25) is 0 Å². The van der Waals surface area contributed by atoms with Crippen molar-refractivity contribution in [3.8, 4) is 0 Å². The molecule has 1 heterocycles. The molecule has 0 saturated carbocycles. The smallest absolute Gasteiger partial charge is 0.229 e. The summed E-state index contributed by atoms with van der Waals surface area (Å²) in [6.45, 7) is 5.07. The predicted molar refractivity (Wildman–Crippen MR) is 69.6 cm³/mol. The van der Waals surface area contributed by atoms with E-state index in [-0.39, 0.29) is 11.4 Å². The van der Waals surface area contributed by atoms with Crippen molar-refractivity contribution in [2.75, 3.05) is 13.3 Å². The molecule has 2 rings (SSSR count). The molecule has 0 aliphatic carbocycles. The lowest BCUT2D eigenvalue weighted by molar-refractivity contribution is -0.134. The fourth-order valence-electron chi connectivity index (χ4n) is 1.92. The maximum Gasteiger partial charge on any atom is 0.229 e. The van der Waals surface area contributed by atoms with E-state index >= 15 is 0 Å². The van der Waals surface area contributed by atoms with E-state index in [2.05, 4.69) is 15.9 Å². The third-order valence-electron chi connectivity index (χ3n) is 2.98. The van der Waals surface area contributed by atoms with Crippen LogP contribution >= 0.6 is 15.9 Å². The van der Waals surface area contributed by atoms with Crippen molar-refractivity contribution in [2.24, 2.45) is 0 Å². The Morgan fingerprint density at radius 1 is 1.41 bits per heavy atom. The SMILES string of the molecule is CC1(C)COCN1C(=O)Cc1ccc(Br)cc1. The Morgan fingerprint density at radius 3 is 2.59 bits per heavy atom. The van der Waals surface area contributed by atoms with Gasteiger partial charge in [-0.2, -0.15) is 0 Å². The minimum absolute atomic E-state index is 0.120. The van der Waals surface area contributed by atoms with Gasteiger partial charge < -0.3 is 9.64 Å². The molecule has 0 N–H and O–H groups in total. The number of carbonyl (C=O) groups is 1. The van der Waals surface area contributed by atoms with Crippen molar-refractivity contribution < 1.29 is 9.53 Å². The highest BCUT2D eigenvalue weighted by molar-refractivity contribution is 9.10. The van der Waals surface area contributed by atoms with Gasteiger partial charge in [0.15, 0.2) is 0 Å². The van der Waals surface area contributed by atoms with Gasteiger partial charge in [0.05, 0.1) is 18.6 Å². The fraction of sp³-hybridized carbons (Fsp3) is 0.462. The summed E-state index contributed by atoms with van der Waals surface area (Å²) in [4.78, 5) is 14.0. The minimum Gasteiger partial charge on any atom is -0.359 e. The summed E-state index contributed by atoms with van der Waals surface area (Å²) in [6, 6.07) is 7.83. The first-order valence-corrected chi connectivity index (χ1v) is 6.41. The number of amides is 1. The predicted octanol–water partition coefficient (Wildman–Crippen LogP) is 2.59. The third-order valence-corrected chi connectivity index (χ3v) is 3.50. The molecule has 0 radical (unpaired) electrons. The van der Waals surface area contributed by atoms with Crippen LogP contribution in [-0.4, -0.2) is 29.7 Å². The van der Waals surface area contributed by atoms with Gasteiger partial charge in [0.2, 0.25) is 5.91 Å². The standard InChI is InChI=1S/C13H16BrNO2/c1-13(2)8-17-9-15(13)12(16)7-10-3-5-11(14)6-4-10/h3-6H,7-9H2,1-2H3. The monoisotopic (exact) mass is 297 g/mol. The van der Waals surface area contributed by atoms with Crippen molar-refractivity contribution in [1.29, 1.82) is 0 Å². The maximum atomic E-state index is 12.1. The summed E-state index contributed by atoms with van der Waals surface area (Å²) in [5, 5.41) is 0. The van der Waals surface area contributed by atoms with E-state index in [0.29, 0.717) is 19.8 Å². The van der Waals surface area contributed by atoms with Gasteiger partial charge in [-0.15, -0.1) is 0 Å². The fourth-order valence-corrected chi connectivity index (χ4v) is 2.19. The quantitative estimate of drug-likeness (QED) is 0.840. The molecule has 0 spiro atoms. The van der Waals surface area contributed by atoms with Crippen LogP contribution in [0.5, 0.6) is 0 Å². The second-order valence-corrected chi connectivity index (χ2v) is 5.83. The van der Waals surface area contributed by atoms with Gasteiger partial charge in [-0.1, -0.05) is 28.1 Å². The van der Waals surface area contributed by atoms with Gasteiger partial charge in [-0.25, -0.2) is 0 Å². The molecule has 0 bridgehead atoms. The van der Waals surface area contributed by atoms with Crippen molar-refractivity contribution in [1.82, 2.24) is 4.90 Å². The average Bonchev–Trinajstić information content (AvgIpc) is 2.61. The summed E-state index contributed by atoms with van der Waals surface area (Å²) < 4.78 is 6.37. The Bertz CT molecular complexity index is 414. The molecule has 0 unspecified atom stereocenters. The zero-order valence-electron chi connectivity index (χ0n) is 10.1. The molecule has 1 aromatic rings. The zero-order chi connectivity index (χ0) is 12.5. The number of ether oxygens (including phenoxy) is 1. The highest BCUT2D eigenvalue weighted by Gasteiger charge is 2.36. The molecule has 4 heteroatoms. The first-order chi connectivity index (χ1) is 7.99. The number of halogens is 1. The number of nitrogens with zero attached hydrogens (tertiary/aromatic N) is 1. The van der Waals surface area contributed by atoms with Crippen LogP contribution in [0.15, 0.2) is 28.7 Å². The van der Waals surface area contributed by atoms with E-state index in [4.69, 9.17) is 4.74 Å². The van der Waals surface area contributed by atoms with Crippen LogP contribution in [0.4, 0.5) is 0 Å². The Balaban J connectivity index is 2.04. The van der Waals surface area contributed by atoms with Crippen LogP contribution in [-0.2, 0) is 16.0 Å². The Labute approximate surface area is 110 Å². The molecule has 3 nitrogen and oxygen atoms in total. The highest BCUT2D eigenvalue weighted by atomic mass is 79.9. The topological polar surface area (TPSA) is 29.5 Å². The van der Waals surface area contributed by atoms with Gasteiger partial charge in [0.25, 0.3) is 0 Å². The lowest BCUT2D eigenvalue weighted by Gasteiger charge is -2.29. The van der Waals surface area contributed by atoms with Gasteiger partial charge in [-0.05, 0) is 31.5 Å². The number of benzene rings is 1. The molecule has 92 valence electrons. The number of hydrogen-bond donors (Lipinski definition) is 0. The molecule has 0 atom stereocenters. The molecule has 1 fully saturated rings. The zero-order valence-corrected chi connectivity index (χ0v) is 11.7. The van der Waals surface area contributed by atoms with Crippen LogP contribution in [0.25, 0.3) is 0 Å². The molecule has 1 amide bonds. The lowest BCUT2D eigenvalue weighted by atomic mass is 10.0. The highest BCUT2D eigenvalue weighted by Crippen LogP contribution is 2.22. The average molecular weight is 298 g/mol. The molecule has 0 aromatic heterocycles. The van der Waals surface area contributed by atoms with Crippen molar-refractivity contribution in [2.45, 2.75) is 25.8 Å². The first kappa shape index (κ1) is 12.6. The molecule has 17 heavy (non-hydrogen) atoms. The Kier molecular flexibility index (Phi) is 3.54. The molecular weight excluding hydrogens is 282 g/mol. The van der Waals surface area contributed by atoms with Crippen molar-refractivity contribution in [3.05, 3.63) is 34.3 Å². The van der Waals surface area contributed by atoms with E-state index in [1.807, 2.05) is 38.1 Å². The van der Waals surface area contributed by atoms with Crippen LogP contribution < -0.4 is 0 Å². The Morgan fingerprint density at radius 2 is 2.06 bits per heavy atom. The van der Waals surface area contributed by atoms with Crippen LogP contribution in [0.1, 0.15) is 19.4 Å². The summed E-state index contributed by atoms with van der Waals surface area (Å²) >= 11 is 3.38. The normalized spacial score (nSPS) is 18.4. The second-order valence-electron chi connectivity index (χ2n) is 4.92. The van der Waals surface area contributed by atoms with Gasteiger partial charge in [0, 0.05) is 4.47 Å². The third kappa shape index (κ3) is 2.87. The maximum absolute atomic E-state index is 12.1. The van der Waals surface area contributed by atoms with Gasteiger partial charge in [0.1, 0.15) is 6.73 Å². The van der Waals surface area contributed by atoms with Crippen molar-refractivity contribution in [3.63, 3.8) is 0 Å². The summed E-state index contributed by atoms with van der Waals surface area (Å²) in [7, 11) is 0. The van der Waals surface area contributed by atoms with E-state index in [0.717, 1.165) is 10.0 Å². The lowest BCUT2D eigenvalue weighted by Crippen LogP contribution is -2.44. The molecule has 1 saturated heterocycles. The van der Waals surface area contributed by atoms with Gasteiger partial charge >= 0.3 is 0 Å². The Hall–Kier alpha value is -0.870. The van der Waals surface area contributed by atoms with E-state index < -0.39 is 0 Å². The summed E-state index contributed by atoms with van der Waals surface area (Å²) in [5.41, 5.74) is 0.841. The van der Waals surface area contributed by atoms with E-state index in [9.17, 15) is 4.79 Å². The number of rotatable bonds is 2. The summed E-state index contributed by atoms with van der Waals surface area (Å²) in [6.07, 6.45) is 0.431. The number of carbonyl (C=O) groups excluding carboxylic acids is 1. The number of hydrogen-bond acceptors (Lipinski definition) is 2. The van der Waals surface area contributed by atoms with Gasteiger partial charge in [-0.3, -0.25) is 4.79 Å². The van der Waals surface area contributed by atoms with Crippen molar-refractivity contribution >= 4 is 21.8 Å². The molecule has 1 aromatic carbocycles. The minimum atomic E-state index is -0.188. The molecule has 1 aliphatic heterocycles. The van der Waals surface area contributed by atoms with E-state index in [1.165, 1.54) is 0 Å². The molecule has 1 aliphatic rings.